The number of benzene rings is 2. The van der Waals surface area contributed by atoms with Crippen molar-refractivity contribution in [2.24, 2.45) is 5.92 Å². The Morgan fingerprint density at radius 1 is 1.06 bits per heavy atom. The normalized spacial score (nSPS) is 15.1. The highest BCUT2D eigenvalue weighted by atomic mass is 31.2. The van der Waals surface area contributed by atoms with Crippen LogP contribution in [0.5, 0.6) is 0 Å². The monoisotopic (exact) mass is 474 g/mol. The fourth-order valence-electron chi connectivity index (χ4n) is 3.30. The molecule has 0 aliphatic carbocycles. The average Bonchev–Trinajstić information content (AvgIpc) is 2.72. The molecule has 0 saturated heterocycles. The number of ether oxygens (including phenoxy) is 1. The van der Waals surface area contributed by atoms with Gasteiger partial charge in [-0.3, -0.25) is 9.36 Å². The number of alkyl carbamates (subject to hydrolysis) is 1. The minimum Gasteiger partial charge on any atom is -0.444 e. The average molecular weight is 475 g/mol. The Labute approximate surface area is 196 Å². The van der Waals surface area contributed by atoms with E-state index in [-0.39, 0.29) is 18.5 Å². The molecule has 3 atom stereocenters. The SMILES string of the molecule is CCC(CP(=O)(O)C(Cc1ccccc1)NC(=O)OC(C)(C)C)C(=O)Nc1ccc(C)cc1. The molecular formula is C25H35N2O5P. The first-order valence-corrected chi connectivity index (χ1v) is 13.0. The number of carbonyl (C=O) groups excluding carboxylic acids is 2. The lowest BCUT2D eigenvalue weighted by Crippen LogP contribution is -2.41. The van der Waals surface area contributed by atoms with Crippen LogP contribution in [0.25, 0.3) is 0 Å². The van der Waals surface area contributed by atoms with Crippen LogP contribution < -0.4 is 10.6 Å². The van der Waals surface area contributed by atoms with Gasteiger partial charge < -0.3 is 20.3 Å². The molecule has 33 heavy (non-hydrogen) atoms. The summed E-state index contributed by atoms with van der Waals surface area (Å²) in [5.41, 5.74) is 1.74. The standard InChI is InChI=1S/C25H35N2O5P/c1-6-20(23(28)26-21-14-12-18(2)13-15-21)17-33(30,31)22(16-19-10-8-7-9-11-19)27-24(29)32-25(3,4)5/h7-15,20,22H,6,16-17H2,1-5H3,(H,26,28)(H,27,29)(H,30,31). The molecule has 2 aromatic rings. The molecule has 0 aromatic heterocycles. The molecule has 0 fully saturated rings. The number of anilines is 1. The summed E-state index contributed by atoms with van der Waals surface area (Å²) in [6.07, 6.45) is -0.500. The molecule has 2 aromatic carbocycles. The van der Waals surface area contributed by atoms with E-state index >= 15 is 0 Å². The largest absolute Gasteiger partial charge is 0.444 e. The van der Waals surface area contributed by atoms with Gasteiger partial charge in [0.2, 0.25) is 13.3 Å². The highest BCUT2D eigenvalue weighted by Gasteiger charge is 2.37. The van der Waals surface area contributed by atoms with Crippen molar-refractivity contribution in [3.8, 4) is 0 Å². The number of rotatable bonds is 9. The van der Waals surface area contributed by atoms with E-state index in [1.54, 1.807) is 39.8 Å². The fraction of sp³-hybridized carbons (Fsp3) is 0.440. The van der Waals surface area contributed by atoms with Gasteiger partial charge in [0.05, 0.1) is 0 Å². The van der Waals surface area contributed by atoms with Gasteiger partial charge in [0.15, 0.2) is 0 Å². The second-order valence-electron chi connectivity index (χ2n) is 9.25. The summed E-state index contributed by atoms with van der Waals surface area (Å²) in [5, 5.41) is 5.40. The third kappa shape index (κ3) is 9.03. The quantitative estimate of drug-likeness (QED) is 0.427. The van der Waals surface area contributed by atoms with Crippen LogP contribution in [0.15, 0.2) is 54.6 Å². The topological polar surface area (TPSA) is 105 Å². The predicted molar refractivity (Wildman–Crippen MR) is 132 cm³/mol. The molecule has 0 heterocycles. The van der Waals surface area contributed by atoms with Crippen LogP contribution in [0, 0.1) is 12.8 Å². The highest BCUT2D eigenvalue weighted by molar-refractivity contribution is 7.58. The molecule has 180 valence electrons. The van der Waals surface area contributed by atoms with Crippen molar-refractivity contribution in [1.29, 1.82) is 0 Å². The minimum atomic E-state index is -4.00. The Hall–Kier alpha value is -2.63. The maximum absolute atomic E-state index is 13.5. The van der Waals surface area contributed by atoms with Crippen LogP contribution in [0.2, 0.25) is 0 Å². The maximum Gasteiger partial charge on any atom is 0.408 e. The Morgan fingerprint density at radius 2 is 1.67 bits per heavy atom. The van der Waals surface area contributed by atoms with E-state index in [4.69, 9.17) is 4.74 Å². The Morgan fingerprint density at radius 3 is 2.21 bits per heavy atom. The third-order valence-electron chi connectivity index (χ3n) is 5.11. The van der Waals surface area contributed by atoms with Crippen molar-refractivity contribution in [2.45, 2.75) is 58.8 Å². The summed E-state index contributed by atoms with van der Waals surface area (Å²) in [5.74, 6) is -2.11. The van der Waals surface area contributed by atoms with Crippen molar-refractivity contribution < 1.29 is 23.8 Å². The summed E-state index contributed by atoms with van der Waals surface area (Å²) in [6, 6.07) is 16.5. The lowest BCUT2D eigenvalue weighted by atomic mass is 10.1. The molecule has 3 N–H and O–H groups in total. The van der Waals surface area contributed by atoms with Gasteiger partial charge in [-0.2, -0.15) is 0 Å². The molecule has 8 heteroatoms. The zero-order valence-corrected chi connectivity index (χ0v) is 20.9. The molecule has 3 unspecified atom stereocenters. The zero-order valence-electron chi connectivity index (χ0n) is 20.0. The summed E-state index contributed by atoms with van der Waals surface area (Å²) in [6.45, 7) is 8.92. The van der Waals surface area contributed by atoms with Gasteiger partial charge in [0, 0.05) is 24.2 Å². The molecule has 0 aliphatic rings. The lowest BCUT2D eigenvalue weighted by Gasteiger charge is -2.28. The van der Waals surface area contributed by atoms with Crippen LogP contribution in [0.1, 0.15) is 45.2 Å². The second kappa shape index (κ2) is 11.5. The Kier molecular flexibility index (Phi) is 9.26. The molecule has 0 bridgehead atoms. The van der Waals surface area contributed by atoms with Gasteiger partial charge >= 0.3 is 6.09 Å². The van der Waals surface area contributed by atoms with E-state index in [0.717, 1.165) is 11.1 Å². The van der Waals surface area contributed by atoms with E-state index < -0.39 is 30.8 Å². The molecule has 2 rings (SSSR count). The highest BCUT2D eigenvalue weighted by Crippen LogP contribution is 2.48. The van der Waals surface area contributed by atoms with Gasteiger partial charge in [-0.05, 0) is 51.8 Å². The first kappa shape index (κ1) is 26.6. The number of hydrogen-bond acceptors (Lipinski definition) is 4. The maximum atomic E-state index is 13.5. The van der Waals surface area contributed by atoms with Crippen molar-refractivity contribution in [2.75, 3.05) is 11.5 Å². The number of nitrogens with one attached hydrogen (secondary N) is 2. The number of carbonyl (C=O) groups is 2. The molecule has 0 spiro atoms. The summed E-state index contributed by atoms with van der Waals surface area (Å²) >= 11 is 0. The lowest BCUT2D eigenvalue weighted by molar-refractivity contribution is -0.119. The Balaban J connectivity index is 2.19. The van der Waals surface area contributed by atoms with Gasteiger partial charge in [0.25, 0.3) is 0 Å². The summed E-state index contributed by atoms with van der Waals surface area (Å²) < 4.78 is 18.8. The van der Waals surface area contributed by atoms with E-state index in [1.165, 1.54) is 0 Å². The number of hydrogen-bond donors (Lipinski definition) is 3. The van der Waals surface area contributed by atoms with Crippen molar-refractivity contribution in [3.63, 3.8) is 0 Å². The fourth-order valence-corrected chi connectivity index (χ4v) is 5.41. The molecule has 2 amide bonds. The van der Waals surface area contributed by atoms with Crippen LogP contribution in [0.3, 0.4) is 0 Å². The van der Waals surface area contributed by atoms with E-state index in [1.807, 2.05) is 49.4 Å². The van der Waals surface area contributed by atoms with E-state index in [2.05, 4.69) is 10.6 Å². The molecular weight excluding hydrogens is 439 g/mol. The van der Waals surface area contributed by atoms with E-state index in [0.29, 0.717) is 12.1 Å². The van der Waals surface area contributed by atoms with Gasteiger partial charge in [-0.1, -0.05) is 55.0 Å². The van der Waals surface area contributed by atoms with Crippen molar-refractivity contribution in [3.05, 3.63) is 65.7 Å². The van der Waals surface area contributed by atoms with Gasteiger partial charge in [-0.15, -0.1) is 0 Å². The van der Waals surface area contributed by atoms with Crippen LogP contribution in [-0.4, -0.2) is 34.4 Å². The van der Waals surface area contributed by atoms with Crippen LogP contribution in [0.4, 0.5) is 10.5 Å². The second-order valence-corrected chi connectivity index (χ2v) is 11.8. The van der Waals surface area contributed by atoms with Crippen molar-refractivity contribution in [1.82, 2.24) is 5.32 Å². The van der Waals surface area contributed by atoms with Gasteiger partial charge in [-0.25, -0.2) is 4.79 Å². The van der Waals surface area contributed by atoms with Crippen LogP contribution >= 0.6 is 7.37 Å². The van der Waals surface area contributed by atoms with Gasteiger partial charge in [0.1, 0.15) is 11.4 Å². The molecule has 0 radical (unpaired) electrons. The molecule has 0 saturated carbocycles. The summed E-state index contributed by atoms with van der Waals surface area (Å²) in [7, 11) is -4.00. The predicted octanol–water partition coefficient (Wildman–Crippen LogP) is 5.32. The first-order valence-electron chi connectivity index (χ1n) is 11.1. The molecule has 7 nitrogen and oxygen atoms in total. The van der Waals surface area contributed by atoms with E-state index in [9.17, 15) is 19.0 Å². The zero-order chi connectivity index (χ0) is 24.6. The van der Waals surface area contributed by atoms with Crippen molar-refractivity contribution >= 4 is 25.1 Å². The smallest absolute Gasteiger partial charge is 0.408 e. The minimum absolute atomic E-state index is 0.143. The van der Waals surface area contributed by atoms with Crippen LogP contribution in [-0.2, 0) is 20.5 Å². The Bertz CT molecular complexity index is 971. The number of aryl methyl sites for hydroxylation is 1. The molecule has 0 aliphatic heterocycles. The third-order valence-corrected chi connectivity index (χ3v) is 7.36. The first-order chi connectivity index (χ1) is 15.4. The summed E-state index contributed by atoms with van der Waals surface area (Å²) in [4.78, 5) is 36.3. The number of amides is 2.